The van der Waals surface area contributed by atoms with Gasteiger partial charge in [0, 0.05) is 6.04 Å². The molecule has 0 bridgehead atoms. The first-order chi connectivity index (χ1) is 8.19. The Balaban J connectivity index is 2.41. The molecule has 3 heteroatoms. The van der Waals surface area contributed by atoms with Gasteiger partial charge in [-0.15, -0.1) is 6.58 Å². The molecule has 1 N–H and O–H groups in total. The van der Waals surface area contributed by atoms with Crippen LogP contribution in [0.1, 0.15) is 45.4 Å². The standard InChI is InChI=1S/C14H26N2O/c1-4-6-9-12(8-5-2)15-14(17)13-10-7-11-16(13)3/h4,12-13H,1,5-11H2,2-3H3,(H,15,17). The predicted molar refractivity (Wildman–Crippen MR) is 71.9 cm³/mol. The summed E-state index contributed by atoms with van der Waals surface area (Å²) in [6, 6.07) is 0.414. The molecule has 1 aliphatic heterocycles. The van der Waals surface area contributed by atoms with E-state index >= 15 is 0 Å². The maximum Gasteiger partial charge on any atom is 0.237 e. The second kappa shape index (κ2) is 7.49. The van der Waals surface area contributed by atoms with Crippen LogP contribution in [0.2, 0.25) is 0 Å². The van der Waals surface area contributed by atoms with E-state index in [0.717, 1.165) is 45.1 Å². The topological polar surface area (TPSA) is 32.3 Å². The maximum atomic E-state index is 12.1. The Morgan fingerprint density at radius 3 is 2.88 bits per heavy atom. The Labute approximate surface area is 105 Å². The zero-order valence-electron chi connectivity index (χ0n) is 11.2. The van der Waals surface area contributed by atoms with E-state index in [1.54, 1.807) is 0 Å². The van der Waals surface area contributed by atoms with Gasteiger partial charge >= 0.3 is 0 Å². The fraction of sp³-hybridized carbons (Fsp3) is 0.786. The van der Waals surface area contributed by atoms with Crippen LogP contribution in [0, 0.1) is 0 Å². The van der Waals surface area contributed by atoms with Crippen LogP contribution in [0.25, 0.3) is 0 Å². The molecular weight excluding hydrogens is 212 g/mol. The van der Waals surface area contributed by atoms with E-state index in [2.05, 4.69) is 23.7 Å². The highest BCUT2D eigenvalue weighted by Crippen LogP contribution is 2.15. The lowest BCUT2D eigenvalue weighted by atomic mass is 10.1. The van der Waals surface area contributed by atoms with Crippen molar-refractivity contribution in [3.05, 3.63) is 12.7 Å². The molecule has 0 spiro atoms. The van der Waals surface area contributed by atoms with Gasteiger partial charge in [-0.25, -0.2) is 0 Å². The number of nitrogens with one attached hydrogen (secondary N) is 1. The van der Waals surface area contributed by atoms with E-state index in [0.29, 0.717) is 6.04 Å². The van der Waals surface area contributed by atoms with Crippen molar-refractivity contribution < 1.29 is 4.79 Å². The van der Waals surface area contributed by atoms with E-state index in [-0.39, 0.29) is 11.9 Å². The smallest absolute Gasteiger partial charge is 0.237 e. The Morgan fingerprint density at radius 2 is 2.35 bits per heavy atom. The predicted octanol–water partition coefficient (Wildman–Crippen LogP) is 2.33. The average Bonchev–Trinajstić information content (AvgIpc) is 2.72. The van der Waals surface area contributed by atoms with Gasteiger partial charge in [0.1, 0.15) is 0 Å². The second-order valence-corrected chi connectivity index (χ2v) is 5.00. The lowest BCUT2D eigenvalue weighted by Gasteiger charge is -2.23. The number of amides is 1. The molecule has 2 atom stereocenters. The molecule has 0 radical (unpaired) electrons. The monoisotopic (exact) mass is 238 g/mol. The number of rotatable bonds is 7. The third-order valence-electron chi connectivity index (χ3n) is 3.53. The SMILES string of the molecule is C=CCCC(CCC)NC(=O)C1CCCN1C. The summed E-state index contributed by atoms with van der Waals surface area (Å²) >= 11 is 0. The molecule has 0 saturated carbocycles. The number of nitrogens with zero attached hydrogens (tertiary/aromatic N) is 1. The van der Waals surface area contributed by atoms with E-state index in [1.807, 2.05) is 13.1 Å². The fourth-order valence-corrected chi connectivity index (χ4v) is 2.50. The Hall–Kier alpha value is -0.830. The van der Waals surface area contributed by atoms with Gasteiger partial charge in [0.2, 0.25) is 5.91 Å². The molecule has 1 rings (SSSR count). The van der Waals surface area contributed by atoms with Gasteiger partial charge in [-0.3, -0.25) is 9.69 Å². The molecular formula is C14H26N2O. The molecule has 1 fully saturated rings. The van der Waals surface area contributed by atoms with Gasteiger partial charge in [0.05, 0.1) is 6.04 Å². The summed E-state index contributed by atoms with van der Waals surface area (Å²) in [6.45, 7) is 6.95. The Kier molecular flexibility index (Phi) is 6.27. The lowest BCUT2D eigenvalue weighted by Crippen LogP contribution is -2.45. The van der Waals surface area contributed by atoms with E-state index < -0.39 is 0 Å². The molecule has 1 heterocycles. The van der Waals surface area contributed by atoms with Crippen molar-refractivity contribution in [3.63, 3.8) is 0 Å². The number of allylic oxidation sites excluding steroid dienone is 1. The summed E-state index contributed by atoms with van der Waals surface area (Å²) in [5.41, 5.74) is 0. The number of carbonyl (C=O) groups is 1. The minimum atomic E-state index is 0.0955. The highest BCUT2D eigenvalue weighted by atomic mass is 16.2. The summed E-state index contributed by atoms with van der Waals surface area (Å²) in [7, 11) is 2.04. The quantitative estimate of drug-likeness (QED) is 0.690. The first-order valence-corrected chi connectivity index (χ1v) is 6.80. The zero-order chi connectivity index (χ0) is 12.7. The van der Waals surface area contributed by atoms with Gasteiger partial charge in [-0.1, -0.05) is 19.4 Å². The van der Waals surface area contributed by atoms with E-state index in [1.165, 1.54) is 0 Å². The molecule has 17 heavy (non-hydrogen) atoms. The third kappa shape index (κ3) is 4.50. The van der Waals surface area contributed by atoms with Crippen LogP contribution in [-0.4, -0.2) is 36.5 Å². The van der Waals surface area contributed by atoms with Gasteiger partial charge in [0.25, 0.3) is 0 Å². The molecule has 0 aromatic rings. The Morgan fingerprint density at radius 1 is 1.59 bits per heavy atom. The molecule has 1 amide bonds. The molecule has 0 aromatic heterocycles. The van der Waals surface area contributed by atoms with Gasteiger partial charge in [-0.05, 0) is 45.7 Å². The lowest BCUT2D eigenvalue weighted by molar-refractivity contribution is -0.125. The van der Waals surface area contributed by atoms with E-state index in [9.17, 15) is 4.79 Å². The number of carbonyl (C=O) groups excluding carboxylic acids is 1. The van der Waals surface area contributed by atoms with Crippen LogP contribution in [0.3, 0.4) is 0 Å². The third-order valence-corrected chi connectivity index (χ3v) is 3.53. The van der Waals surface area contributed by atoms with Crippen molar-refractivity contribution in [1.29, 1.82) is 0 Å². The highest BCUT2D eigenvalue weighted by molar-refractivity contribution is 5.82. The molecule has 1 aliphatic rings. The van der Waals surface area contributed by atoms with Crippen molar-refractivity contribution in [1.82, 2.24) is 10.2 Å². The maximum absolute atomic E-state index is 12.1. The van der Waals surface area contributed by atoms with Gasteiger partial charge in [-0.2, -0.15) is 0 Å². The van der Waals surface area contributed by atoms with Crippen LogP contribution in [0.4, 0.5) is 0 Å². The minimum absolute atomic E-state index is 0.0955. The summed E-state index contributed by atoms with van der Waals surface area (Å²) in [5.74, 6) is 0.215. The number of hydrogen-bond donors (Lipinski definition) is 1. The van der Waals surface area contributed by atoms with Crippen molar-refractivity contribution in [2.45, 2.75) is 57.5 Å². The minimum Gasteiger partial charge on any atom is -0.352 e. The second-order valence-electron chi connectivity index (χ2n) is 5.00. The van der Waals surface area contributed by atoms with Crippen LogP contribution in [-0.2, 0) is 4.79 Å². The van der Waals surface area contributed by atoms with Crippen molar-refractivity contribution in [2.24, 2.45) is 0 Å². The molecule has 98 valence electrons. The molecule has 0 aromatic carbocycles. The first kappa shape index (κ1) is 14.2. The Bertz CT molecular complexity index is 253. The van der Waals surface area contributed by atoms with Gasteiger partial charge in [0.15, 0.2) is 0 Å². The van der Waals surface area contributed by atoms with Crippen LogP contribution < -0.4 is 5.32 Å². The van der Waals surface area contributed by atoms with Crippen LogP contribution >= 0.6 is 0 Å². The zero-order valence-corrected chi connectivity index (χ0v) is 11.2. The van der Waals surface area contributed by atoms with E-state index in [4.69, 9.17) is 0 Å². The average molecular weight is 238 g/mol. The highest BCUT2D eigenvalue weighted by Gasteiger charge is 2.28. The van der Waals surface area contributed by atoms with Crippen molar-refractivity contribution in [3.8, 4) is 0 Å². The number of likely N-dealkylation sites (N-methyl/N-ethyl adjacent to an activating group) is 1. The first-order valence-electron chi connectivity index (χ1n) is 6.80. The number of likely N-dealkylation sites (tertiary alicyclic amines) is 1. The van der Waals surface area contributed by atoms with Crippen molar-refractivity contribution >= 4 is 5.91 Å². The molecule has 3 nitrogen and oxygen atoms in total. The normalized spacial score (nSPS) is 22.4. The summed E-state index contributed by atoms with van der Waals surface area (Å²) in [6.07, 6.45) is 8.24. The van der Waals surface area contributed by atoms with Gasteiger partial charge < -0.3 is 5.32 Å². The summed E-state index contributed by atoms with van der Waals surface area (Å²) in [5, 5.41) is 3.20. The fourth-order valence-electron chi connectivity index (χ4n) is 2.50. The summed E-state index contributed by atoms with van der Waals surface area (Å²) in [4.78, 5) is 14.3. The summed E-state index contributed by atoms with van der Waals surface area (Å²) < 4.78 is 0. The molecule has 2 unspecified atom stereocenters. The number of hydrogen-bond acceptors (Lipinski definition) is 2. The largest absolute Gasteiger partial charge is 0.352 e. The van der Waals surface area contributed by atoms with Crippen molar-refractivity contribution in [2.75, 3.05) is 13.6 Å². The van der Waals surface area contributed by atoms with Crippen LogP contribution in [0.5, 0.6) is 0 Å². The van der Waals surface area contributed by atoms with Crippen LogP contribution in [0.15, 0.2) is 12.7 Å². The molecule has 1 saturated heterocycles. The molecule has 0 aliphatic carbocycles.